The quantitative estimate of drug-likeness (QED) is 0.320. The van der Waals surface area contributed by atoms with Gasteiger partial charge < -0.3 is 5.73 Å². The van der Waals surface area contributed by atoms with Gasteiger partial charge in [0, 0.05) is 11.0 Å². The first-order chi connectivity index (χ1) is 2.27. The molecule has 0 saturated heterocycles. The molecule has 0 aromatic carbocycles. The van der Waals surface area contributed by atoms with Crippen molar-refractivity contribution in [3.05, 3.63) is 0 Å². The molecule has 0 aliphatic carbocycles. The molecule has 0 aromatic rings. The lowest BCUT2D eigenvalue weighted by Crippen LogP contribution is -2.01. The van der Waals surface area contributed by atoms with E-state index in [1.807, 2.05) is 0 Å². The van der Waals surface area contributed by atoms with E-state index >= 15 is 0 Å². The lowest BCUT2D eigenvalue weighted by atomic mass is 11.1. The van der Waals surface area contributed by atoms with Crippen LogP contribution in [0.25, 0.3) is 0 Å². The Kier molecular flexibility index (Phi) is 6.55. The summed E-state index contributed by atoms with van der Waals surface area (Å²) in [5.41, 5.74) is 4.42. The number of hydrogen-bond acceptors (Lipinski definition) is 1. The van der Waals surface area contributed by atoms with Crippen molar-refractivity contribution < 1.29 is 4.79 Å². The Morgan fingerprint density at radius 1 is 1.83 bits per heavy atom. The van der Waals surface area contributed by atoms with Crippen molar-refractivity contribution in [3.63, 3.8) is 0 Å². The Bertz CT molecular complexity index is 62.6. The second kappa shape index (κ2) is 4.36. The normalized spacial score (nSPS) is 5.33. The third-order valence-electron chi connectivity index (χ3n) is 0.156. The molecule has 0 fully saturated rings. The van der Waals surface area contributed by atoms with E-state index in [9.17, 15) is 4.79 Å². The third-order valence-corrected chi connectivity index (χ3v) is 0.156. The summed E-state index contributed by atoms with van der Waals surface area (Å²) in [7, 11) is 0. The number of aliphatic imine (C=N–C) groups is 1. The van der Waals surface area contributed by atoms with Gasteiger partial charge in [0.2, 0.25) is 0 Å². The molecule has 0 aliphatic heterocycles. The molecule has 0 unspecified atom stereocenters. The molecular weight excluding hydrogens is 96.1 g/mol. The first-order valence-corrected chi connectivity index (χ1v) is 1.03. The average Bonchev–Trinajstić information content (AvgIpc) is 1.38. The maximum atomic E-state index is 9.36. The first kappa shape index (κ1) is 9.02. The fraction of sp³-hybridized carbons (Fsp3) is 0. The Balaban J connectivity index is 0. The number of carbonyl (C=O) groups is 1. The Morgan fingerprint density at radius 2 is 2.00 bits per heavy atom. The molecule has 0 heterocycles. The van der Waals surface area contributed by atoms with E-state index in [0.29, 0.717) is 0 Å². The highest BCUT2D eigenvalue weighted by Crippen LogP contribution is 1.53. The number of carbonyl (C=O) groups excluding carboxylic acids is 1. The van der Waals surface area contributed by atoms with Gasteiger partial charge in [-0.1, -0.05) is 0 Å². The zero-order chi connectivity index (χ0) is 4.28. The number of nitrogens with zero attached hydrogens (tertiary/aromatic N) is 1. The molecule has 32 valence electrons. The molecule has 0 bridgehead atoms. The molecule has 0 spiro atoms. The molecule has 0 aliphatic rings. The summed E-state index contributed by atoms with van der Waals surface area (Å²) in [4.78, 5) is 12.1. The number of nitrogens with two attached hydrogens (primary N) is 1. The predicted octanol–water partition coefficient (Wildman–Crippen LogP) is -0.615. The van der Waals surface area contributed by atoms with Gasteiger partial charge in [-0.2, -0.15) is 0 Å². The Morgan fingerprint density at radius 3 is 2.00 bits per heavy atom. The second-order valence-electron chi connectivity index (χ2n) is 0.496. The van der Waals surface area contributed by atoms with Crippen molar-refractivity contribution >= 4 is 23.7 Å². The summed E-state index contributed by atoms with van der Waals surface area (Å²) in [5.74, 6) is 0. The molecule has 0 aromatic heterocycles. The van der Waals surface area contributed by atoms with Crippen molar-refractivity contribution in [3.8, 4) is 0 Å². The molecular formula is C2H4N2OSi. The Labute approximate surface area is 40.3 Å². The van der Waals surface area contributed by atoms with Crippen LogP contribution in [0, 0.1) is 0 Å². The van der Waals surface area contributed by atoms with Gasteiger partial charge in [-0.05, 0) is 6.72 Å². The smallest absolute Gasteiger partial charge is 0.337 e. The molecule has 3 nitrogen and oxygen atoms in total. The van der Waals surface area contributed by atoms with E-state index in [1.165, 1.54) is 0 Å². The van der Waals surface area contributed by atoms with Gasteiger partial charge in [0.15, 0.2) is 0 Å². The molecule has 0 saturated carbocycles. The van der Waals surface area contributed by atoms with Crippen molar-refractivity contribution in [2.24, 2.45) is 10.7 Å². The van der Waals surface area contributed by atoms with E-state index in [4.69, 9.17) is 0 Å². The van der Waals surface area contributed by atoms with Crippen LogP contribution in [0.5, 0.6) is 0 Å². The van der Waals surface area contributed by atoms with Crippen LogP contribution >= 0.6 is 0 Å². The van der Waals surface area contributed by atoms with Gasteiger partial charge in [-0.15, -0.1) is 0 Å². The van der Waals surface area contributed by atoms with Gasteiger partial charge in [-0.3, -0.25) is 0 Å². The summed E-state index contributed by atoms with van der Waals surface area (Å²) in [6.07, 6.45) is 0. The Hall–Kier alpha value is -0.643. The fourth-order valence-corrected chi connectivity index (χ4v) is 0. The summed E-state index contributed by atoms with van der Waals surface area (Å²) >= 11 is 0. The molecule has 4 heteroatoms. The molecule has 4 radical (unpaired) electrons. The highest BCUT2D eigenvalue weighted by Gasteiger charge is 1.70. The van der Waals surface area contributed by atoms with Crippen molar-refractivity contribution in [1.82, 2.24) is 0 Å². The fourth-order valence-electron chi connectivity index (χ4n) is 0. The van der Waals surface area contributed by atoms with Crippen molar-refractivity contribution in [2.45, 2.75) is 0 Å². The van der Waals surface area contributed by atoms with Gasteiger partial charge in [0.25, 0.3) is 0 Å². The molecule has 6 heavy (non-hydrogen) atoms. The lowest BCUT2D eigenvalue weighted by Gasteiger charge is -1.66. The van der Waals surface area contributed by atoms with Crippen LogP contribution in [0.4, 0.5) is 4.79 Å². The standard InChI is InChI=1S/C2H4N2O.Si/c1-4-2(3)5;/h1H2,(H2,3,5);. The number of rotatable bonds is 0. The van der Waals surface area contributed by atoms with E-state index in [2.05, 4.69) is 17.4 Å². The van der Waals surface area contributed by atoms with Crippen molar-refractivity contribution in [1.29, 1.82) is 0 Å². The van der Waals surface area contributed by atoms with Crippen molar-refractivity contribution in [2.75, 3.05) is 0 Å². The molecule has 2 amide bonds. The van der Waals surface area contributed by atoms with E-state index in [1.54, 1.807) is 0 Å². The summed E-state index contributed by atoms with van der Waals surface area (Å²) < 4.78 is 0. The van der Waals surface area contributed by atoms with Crippen LogP contribution in [0.3, 0.4) is 0 Å². The van der Waals surface area contributed by atoms with E-state index in [0.717, 1.165) is 0 Å². The van der Waals surface area contributed by atoms with Gasteiger partial charge >= 0.3 is 6.03 Å². The minimum absolute atomic E-state index is 0. The monoisotopic (exact) mass is 100 g/mol. The van der Waals surface area contributed by atoms with E-state index in [-0.39, 0.29) is 11.0 Å². The van der Waals surface area contributed by atoms with Gasteiger partial charge in [0.1, 0.15) is 0 Å². The highest BCUT2D eigenvalue weighted by atomic mass is 28.1. The van der Waals surface area contributed by atoms with Crippen LogP contribution < -0.4 is 5.73 Å². The van der Waals surface area contributed by atoms with Crippen LogP contribution in [-0.2, 0) is 0 Å². The highest BCUT2D eigenvalue weighted by molar-refractivity contribution is 5.76. The third kappa shape index (κ3) is 10.1. The van der Waals surface area contributed by atoms with E-state index < -0.39 is 6.03 Å². The average molecular weight is 100 g/mol. The van der Waals surface area contributed by atoms with Crippen LogP contribution in [0.1, 0.15) is 0 Å². The largest absolute Gasteiger partial charge is 0.350 e. The summed E-state index contributed by atoms with van der Waals surface area (Å²) in [5, 5.41) is 0. The topological polar surface area (TPSA) is 55.4 Å². The number of urea groups is 1. The minimum atomic E-state index is -0.731. The molecule has 2 N–H and O–H groups in total. The van der Waals surface area contributed by atoms with Crippen LogP contribution in [0.15, 0.2) is 4.99 Å². The second-order valence-corrected chi connectivity index (χ2v) is 0.496. The zero-order valence-corrected chi connectivity index (χ0v) is 4.14. The SMILES string of the molecule is C=NC(N)=O.[Si]. The molecule has 0 atom stereocenters. The number of hydrogen-bond donors (Lipinski definition) is 1. The first-order valence-electron chi connectivity index (χ1n) is 1.03. The minimum Gasteiger partial charge on any atom is -0.350 e. The number of primary amides is 1. The summed E-state index contributed by atoms with van der Waals surface area (Å²) in [6.45, 7) is 2.84. The molecule has 0 rings (SSSR count). The number of amides is 2. The maximum Gasteiger partial charge on any atom is 0.337 e. The van der Waals surface area contributed by atoms with Gasteiger partial charge in [0.05, 0.1) is 0 Å². The van der Waals surface area contributed by atoms with Gasteiger partial charge in [-0.25, -0.2) is 9.79 Å². The lowest BCUT2D eigenvalue weighted by molar-refractivity contribution is 0.257. The summed E-state index contributed by atoms with van der Waals surface area (Å²) in [6, 6.07) is -0.731. The maximum absolute atomic E-state index is 9.36. The van der Waals surface area contributed by atoms with Crippen LogP contribution in [0.2, 0.25) is 0 Å². The zero-order valence-electron chi connectivity index (χ0n) is 3.14. The van der Waals surface area contributed by atoms with Crippen LogP contribution in [-0.4, -0.2) is 23.7 Å². The predicted molar refractivity (Wildman–Crippen MR) is 24.9 cm³/mol.